The monoisotopic (exact) mass is 253 g/mol. The molecular weight excluding hydrogens is 242 g/mol. The van der Waals surface area contributed by atoms with Crippen LogP contribution in [-0.2, 0) is 9.84 Å². The second-order valence-corrected chi connectivity index (χ2v) is 6.35. The fourth-order valence-electron chi connectivity index (χ4n) is 1.21. The molecule has 1 unspecified atom stereocenters. The molecular formula is C7H12BrNO2S. The molecule has 0 radical (unpaired) electrons. The third-order valence-corrected chi connectivity index (χ3v) is 3.86. The Kier molecular flexibility index (Phi) is 3.31. The number of nitrogens with one attached hydrogen (secondary N) is 1. The second kappa shape index (κ2) is 3.89. The van der Waals surface area contributed by atoms with Crippen LogP contribution in [-0.4, -0.2) is 32.5 Å². The predicted molar refractivity (Wildman–Crippen MR) is 53.1 cm³/mol. The fraction of sp³-hybridized carbons (Fsp3) is 0.714. The largest absolute Gasteiger partial charge is 0.308 e. The summed E-state index contributed by atoms with van der Waals surface area (Å²) in [5.74, 6) is 0.590. The minimum absolute atomic E-state index is 0.115. The SMILES string of the molecule is C=C(Br)CNC1CCS(=O)(=O)C1. The van der Waals surface area contributed by atoms with Crippen LogP contribution in [0.4, 0.5) is 0 Å². The Balaban J connectivity index is 2.34. The van der Waals surface area contributed by atoms with E-state index < -0.39 is 9.84 Å². The Hall–Kier alpha value is 0.130. The van der Waals surface area contributed by atoms with Crippen LogP contribution >= 0.6 is 15.9 Å². The van der Waals surface area contributed by atoms with Crippen LogP contribution in [0.15, 0.2) is 11.1 Å². The maximum absolute atomic E-state index is 11.0. The summed E-state index contributed by atoms with van der Waals surface area (Å²) < 4.78 is 22.9. The highest BCUT2D eigenvalue weighted by atomic mass is 79.9. The molecule has 1 atom stereocenters. The molecule has 3 nitrogen and oxygen atoms in total. The van der Waals surface area contributed by atoms with Gasteiger partial charge in [0, 0.05) is 17.1 Å². The van der Waals surface area contributed by atoms with Crippen LogP contribution in [0.3, 0.4) is 0 Å². The van der Waals surface area contributed by atoms with E-state index in [0.29, 0.717) is 12.3 Å². The Morgan fingerprint density at radius 1 is 1.67 bits per heavy atom. The normalized spacial score (nSPS) is 27.2. The summed E-state index contributed by atoms with van der Waals surface area (Å²) in [5, 5.41) is 3.11. The van der Waals surface area contributed by atoms with Gasteiger partial charge in [0.15, 0.2) is 9.84 Å². The third kappa shape index (κ3) is 3.25. The van der Waals surface area contributed by atoms with Gasteiger partial charge in [-0.05, 0) is 6.42 Å². The molecule has 1 N–H and O–H groups in total. The molecule has 0 spiro atoms. The molecule has 70 valence electrons. The number of rotatable bonds is 3. The first-order valence-corrected chi connectivity index (χ1v) is 6.38. The molecule has 12 heavy (non-hydrogen) atoms. The summed E-state index contributed by atoms with van der Waals surface area (Å²) in [4.78, 5) is 0. The number of sulfone groups is 1. The fourth-order valence-corrected chi connectivity index (χ4v) is 3.08. The molecule has 0 amide bonds. The lowest BCUT2D eigenvalue weighted by atomic mass is 10.3. The van der Waals surface area contributed by atoms with E-state index in [1.807, 2.05) is 0 Å². The Morgan fingerprint density at radius 2 is 2.33 bits per heavy atom. The summed E-state index contributed by atoms with van der Waals surface area (Å²) >= 11 is 3.20. The van der Waals surface area contributed by atoms with Gasteiger partial charge >= 0.3 is 0 Å². The van der Waals surface area contributed by atoms with E-state index in [1.54, 1.807) is 0 Å². The lowest BCUT2D eigenvalue weighted by Crippen LogP contribution is -2.30. The van der Waals surface area contributed by atoms with Crippen molar-refractivity contribution in [2.24, 2.45) is 0 Å². The molecule has 1 saturated heterocycles. The van der Waals surface area contributed by atoms with E-state index in [-0.39, 0.29) is 11.8 Å². The Bertz CT molecular complexity index is 273. The highest BCUT2D eigenvalue weighted by molar-refractivity contribution is 9.11. The van der Waals surface area contributed by atoms with Crippen LogP contribution in [0.2, 0.25) is 0 Å². The van der Waals surface area contributed by atoms with Gasteiger partial charge in [-0.25, -0.2) is 8.42 Å². The smallest absolute Gasteiger partial charge is 0.151 e. The summed E-state index contributed by atoms with van der Waals surface area (Å²) in [7, 11) is -2.75. The second-order valence-electron chi connectivity index (χ2n) is 3.00. The van der Waals surface area contributed by atoms with E-state index in [1.165, 1.54) is 0 Å². The maximum Gasteiger partial charge on any atom is 0.151 e. The summed E-state index contributed by atoms with van der Waals surface area (Å²) in [6, 6.07) is 0.115. The van der Waals surface area contributed by atoms with E-state index in [9.17, 15) is 8.42 Å². The van der Waals surface area contributed by atoms with Crippen LogP contribution in [0.1, 0.15) is 6.42 Å². The quantitative estimate of drug-likeness (QED) is 0.805. The first kappa shape index (κ1) is 10.2. The van der Waals surface area contributed by atoms with E-state index in [4.69, 9.17) is 0 Å². The molecule has 0 aliphatic carbocycles. The van der Waals surface area contributed by atoms with Gasteiger partial charge in [-0.15, -0.1) is 0 Å². The van der Waals surface area contributed by atoms with Gasteiger partial charge in [-0.2, -0.15) is 0 Å². The van der Waals surface area contributed by atoms with Gasteiger partial charge in [-0.3, -0.25) is 0 Å². The van der Waals surface area contributed by atoms with Crippen molar-refractivity contribution < 1.29 is 8.42 Å². The summed E-state index contributed by atoms with van der Waals surface area (Å²) in [6.07, 6.45) is 0.725. The van der Waals surface area contributed by atoms with E-state index in [2.05, 4.69) is 27.8 Å². The molecule has 5 heteroatoms. The zero-order valence-electron chi connectivity index (χ0n) is 6.72. The first-order chi connectivity index (χ1) is 5.49. The number of hydrogen-bond acceptors (Lipinski definition) is 3. The van der Waals surface area contributed by atoms with Gasteiger partial charge in [0.1, 0.15) is 0 Å². The van der Waals surface area contributed by atoms with E-state index >= 15 is 0 Å². The van der Waals surface area contributed by atoms with Gasteiger partial charge < -0.3 is 5.32 Å². The molecule has 1 fully saturated rings. The summed E-state index contributed by atoms with van der Waals surface area (Å²) in [6.45, 7) is 4.30. The van der Waals surface area contributed by atoms with Crippen molar-refractivity contribution in [3.63, 3.8) is 0 Å². The molecule has 0 saturated carbocycles. The highest BCUT2D eigenvalue weighted by Gasteiger charge is 2.26. The van der Waals surface area contributed by atoms with Gasteiger partial charge in [0.2, 0.25) is 0 Å². The number of hydrogen-bond donors (Lipinski definition) is 1. The van der Waals surface area contributed by atoms with Crippen molar-refractivity contribution in [2.45, 2.75) is 12.5 Å². The Morgan fingerprint density at radius 3 is 2.75 bits per heavy atom. The van der Waals surface area contributed by atoms with Gasteiger partial charge in [0.25, 0.3) is 0 Å². The topological polar surface area (TPSA) is 46.2 Å². The van der Waals surface area contributed by atoms with Crippen molar-refractivity contribution in [3.8, 4) is 0 Å². The lowest BCUT2D eigenvalue weighted by Gasteiger charge is -2.08. The van der Waals surface area contributed by atoms with Crippen molar-refractivity contribution in [1.82, 2.24) is 5.32 Å². The number of halogens is 1. The molecule has 0 aromatic carbocycles. The minimum Gasteiger partial charge on any atom is -0.308 e. The third-order valence-electron chi connectivity index (χ3n) is 1.81. The van der Waals surface area contributed by atoms with Crippen LogP contribution in [0.5, 0.6) is 0 Å². The van der Waals surface area contributed by atoms with Crippen molar-refractivity contribution in [3.05, 3.63) is 11.1 Å². The van der Waals surface area contributed by atoms with Crippen LogP contribution in [0.25, 0.3) is 0 Å². The maximum atomic E-state index is 11.0. The average Bonchev–Trinajstić information content (AvgIpc) is 2.26. The molecule has 1 heterocycles. The zero-order chi connectivity index (χ0) is 9.19. The zero-order valence-corrected chi connectivity index (χ0v) is 9.12. The van der Waals surface area contributed by atoms with Gasteiger partial charge in [0.05, 0.1) is 11.5 Å². The van der Waals surface area contributed by atoms with Crippen molar-refractivity contribution in [2.75, 3.05) is 18.1 Å². The molecule has 1 aliphatic heterocycles. The van der Waals surface area contributed by atoms with Crippen molar-refractivity contribution >= 4 is 25.8 Å². The van der Waals surface area contributed by atoms with Crippen molar-refractivity contribution in [1.29, 1.82) is 0 Å². The molecule has 0 aromatic heterocycles. The van der Waals surface area contributed by atoms with Crippen LogP contribution in [0, 0.1) is 0 Å². The molecule has 0 bridgehead atoms. The predicted octanol–water partition coefficient (Wildman–Crippen LogP) is 0.672. The van der Waals surface area contributed by atoms with E-state index in [0.717, 1.165) is 10.9 Å². The summed E-state index contributed by atoms with van der Waals surface area (Å²) in [5.41, 5.74) is 0. The van der Waals surface area contributed by atoms with Crippen LogP contribution < -0.4 is 5.32 Å². The average molecular weight is 254 g/mol. The lowest BCUT2D eigenvalue weighted by molar-refractivity contribution is 0.584. The highest BCUT2D eigenvalue weighted by Crippen LogP contribution is 2.11. The molecule has 1 aliphatic rings. The first-order valence-electron chi connectivity index (χ1n) is 3.77. The molecule has 1 rings (SSSR count). The Labute approximate surface area is 81.3 Å². The standard InChI is InChI=1S/C7H12BrNO2S/c1-6(8)4-9-7-2-3-12(10,11)5-7/h7,9H,1-5H2. The molecule has 0 aromatic rings. The minimum atomic E-state index is -2.75. The van der Waals surface area contributed by atoms with Gasteiger partial charge in [-0.1, -0.05) is 22.5 Å².